The van der Waals surface area contributed by atoms with Gasteiger partial charge in [-0.3, -0.25) is 0 Å². The van der Waals surface area contributed by atoms with Crippen LogP contribution in [0.1, 0.15) is 26.2 Å². The summed E-state index contributed by atoms with van der Waals surface area (Å²) in [5.74, 6) is 0.806. The van der Waals surface area contributed by atoms with Crippen molar-refractivity contribution in [3.63, 3.8) is 0 Å². The van der Waals surface area contributed by atoms with Crippen LogP contribution in [0.5, 0.6) is 0 Å². The molecular weight excluding hydrogens is 273 g/mol. The lowest BCUT2D eigenvalue weighted by Crippen LogP contribution is -2.12. The number of hydrogen-bond donors (Lipinski definition) is 1. The highest BCUT2D eigenvalue weighted by molar-refractivity contribution is 14.1. The van der Waals surface area contributed by atoms with Gasteiger partial charge in [-0.05, 0) is 72.2 Å². The molecule has 0 amide bonds. The second-order valence-corrected chi connectivity index (χ2v) is 4.55. The third-order valence-corrected chi connectivity index (χ3v) is 3.14. The second kappa shape index (κ2) is 5.47. The van der Waals surface area contributed by atoms with Gasteiger partial charge in [0.15, 0.2) is 0 Å². The molecule has 0 bridgehead atoms. The molecule has 0 radical (unpaired) electrons. The van der Waals surface area contributed by atoms with E-state index in [9.17, 15) is 0 Å². The minimum absolute atomic E-state index is 0.806. The van der Waals surface area contributed by atoms with Gasteiger partial charge < -0.3 is 5.73 Å². The number of allylic oxidation sites excluding steroid dienone is 5. The third-order valence-electron chi connectivity index (χ3n) is 2.47. The van der Waals surface area contributed by atoms with E-state index in [1.54, 1.807) is 6.20 Å². The molecule has 0 heterocycles. The predicted molar refractivity (Wildman–Crippen MR) is 66.5 cm³/mol. The van der Waals surface area contributed by atoms with Gasteiger partial charge in [0.25, 0.3) is 0 Å². The van der Waals surface area contributed by atoms with E-state index in [1.807, 2.05) is 6.08 Å². The van der Waals surface area contributed by atoms with Crippen molar-refractivity contribution in [1.29, 1.82) is 0 Å². The van der Waals surface area contributed by atoms with E-state index in [-0.39, 0.29) is 0 Å². The molecule has 0 aliphatic heterocycles. The molecule has 0 aromatic rings. The smallest absolute Gasteiger partial charge is 0.0147 e. The van der Waals surface area contributed by atoms with E-state index >= 15 is 0 Å². The van der Waals surface area contributed by atoms with Gasteiger partial charge in [-0.2, -0.15) is 0 Å². The van der Waals surface area contributed by atoms with Gasteiger partial charge in [-0.25, -0.2) is 0 Å². The summed E-state index contributed by atoms with van der Waals surface area (Å²) in [6.07, 6.45) is 12.1. The van der Waals surface area contributed by atoms with Crippen LogP contribution in [-0.2, 0) is 0 Å². The van der Waals surface area contributed by atoms with Crippen molar-refractivity contribution in [2.24, 2.45) is 11.7 Å². The number of hydrogen-bond acceptors (Lipinski definition) is 1. The van der Waals surface area contributed by atoms with Crippen LogP contribution in [0, 0.1) is 5.92 Å². The molecule has 0 atom stereocenters. The van der Waals surface area contributed by atoms with E-state index in [0.717, 1.165) is 5.92 Å². The molecule has 72 valence electrons. The lowest BCUT2D eigenvalue weighted by atomic mass is 9.79. The summed E-state index contributed by atoms with van der Waals surface area (Å²) in [7, 11) is 0. The average Bonchev–Trinajstić information content (AvgIpc) is 2.00. The van der Waals surface area contributed by atoms with Crippen LogP contribution in [-0.4, -0.2) is 0 Å². The first-order valence-electron chi connectivity index (χ1n) is 4.69. The van der Waals surface area contributed by atoms with Gasteiger partial charge >= 0.3 is 0 Å². The first-order chi connectivity index (χ1) is 6.27. The van der Waals surface area contributed by atoms with Crippen molar-refractivity contribution in [2.45, 2.75) is 26.2 Å². The molecule has 2 heteroatoms. The summed E-state index contributed by atoms with van der Waals surface area (Å²) in [5, 5.41) is 0. The molecule has 1 saturated carbocycles. The van der Waals surface area contributed by atoms with Crippen molar-refractivity contribution in [1.82, 2.24) is 0 Å². The Balaban J connectivity index is 2.62. The zero-order chi connectivity index (χ0) is 9.68. The van der Waals surface area contributed by atoms with Gasteiger partial charge in [0.2, 0.25) is 0 Å². The maximum atomic E-state index is 5.32. The zero-order valence-electron chi connectivity index (χ0n) is 7.96. The van der Waals surface area contributed by atoms with Gasteiger partial charge in [0.1, 0.15) is 0 Å². The molecule has 2 N–H and O–H groups in total. The van der Waals surface area contributed by atoms with Crippen molar-refractivity contribution in [3.8, 4) is 0 Å². The van der Waals surface area contributed by atoms with Gasteiger partial charge in [-0.15, -0.1) is 0 Å². The Labute approximate surface area is 93.9 Å². The van der Waals surface area contributed by atoms with Crippen molar-refractivity contribution in [3.05, 3.63) is 33.6 Å². The van der Waals surface area contributed by atoms with Gasteiger partial charge in [-0.1, -0.05) is 12.5 Å². The molecule has 0 saturated heterocycles. The largest absolute Gasteiger partial charge is 0.405 e. The molecule has 1 fully saturated rings. The summed E-state index contributed by atoms with van der Waals surface area (Å²) >= 11 is 2.31. The molecule has 13 heavy (non-hydrogen) atoms. The van der Waals surface area contributed by atoms with Crippen molar-refractivity contribution >= 4 is 22.6 Å². The van der Waals surface area contributed by atoms with Crippen LogP contribution in [0.3, 0.4) is 0 Å². The molecular formula is C11H16IN. The Morgan fingerprint density at radius 2 is 2.15 bits per heavy atom. The molecule has 1 aliphatic rings. The van der Waals surface area contributed by atoms with Crippen molar-refractivity contribution in [2.75, 3.05) is 0 Å². The molecule has 0 unspecified atom stereocenters. The highest BCUT2D eigenvalue weighted by atomic mass is 127. The summed E-state index contributed by atoms with van der Waals surface area (Å²) in [6, 6.07) is 0. The van der Waals surface area contributed by atoms with Crippen LogP contribution in [0.2, 0.25) is 0 Å². The quantitative estimate of drug-likeness (QED) is 0.624. The minimum atomic E-state index is 0.806. The fraction of sp³-hybridized carbons (Fsp3) is 0.455. The summed E-state index contributed by atoms with van der Waals surface area (Å²) < 4.78 is 1.21. The Kier molecular flexibility index (Phi) is 4.56. The Hall–Kier alpha value is -0.250. The maximum Gasteiger partial charge on any atom is 0.0147 e. The lowest BCUT2D eigenvalue weighted by molar-refractivity contribution is 0.374. The maximum absolute atomic E-state index is 5.32. The first kappa shape index (κ1) is 10.8. The first-order valence-corrected chi connectivity index (χ1v) is 5.77. The topological polar surface area (TPSA) is 26.0 Å². The van der Waals surface area contributed by atoms with Crippen LogP contribution in [0.15, 0.2) is 33.6 Å². The van der Waals surface area contributed by atoms with Gasteiger partial charge in [0, 0.05) is 3.58 Å². The average molecular weight is 289 g/mol. The summed E-state index contributed by atoms with van der Waals surface area (Å²) in [4.78, 5) is 0. The Morgan fingerprint density at radius 1 is 1.46 bits per heavy atom. The normalized spacial score (nSPS) is 20.8. The minimum Gasteiger partial charge on any atom is -0.405 e. The zero-order valence-corrected chi connectivity index (χ0v) is 10.1. The number of halogens is 1. The van der Waals surface area contributed by atoms with E-state index in [4.69, 9.17) is 5.73 Å². The summed E-state index contributed by atoms with van der Waals surface area (Å²) in [5.41, 5.74) is 6.79. The standard InChI is InChI=1S/C11H16IN/c1-2-9(10-4-3-5-10)8-11(12)6-7-13/h2,6-8,10H,3-5,13H2,1H3/b7-6-,9-2+,11-8+. The lowest BCUT2D eigenvalue weighted by Gasteiger charge is -2.26. The molecule has 0 aromatic heterocycles. The van der Waals surface area contributed by atoms with Crippen LogP contribution in [0.4, 0.5) is 0 Å². The second-order valence-electron chi connectivity index (χ2n) is 3.30. The van der Waals surface area contributed by atoms with E-state index < -0.39 is 0 Å². The Morgan fingerprint density at radius 3 is 2.54 bits per heavy atom. The van der Waals surface area contributed by atoms with Gasteiger partial charge in [0.05, 0.1) is 0 Å². The fourth-order valence-corrected chi connectivity index (χ4v) is 2.04. The van der Waals surface area contributed by atoms with E-state index in [2.05, 4.69) is 41.7 Å². The van der Waals surface area contributed by atoms with Crippen LogP contribution >= 0.6 is 22.6 Å². The van der Waals surface area contributed by atoms with E-state index in [1.165, 1.54) is 28.4 Å². The molecule has 0 spiro atoms. The SMILES string of the molecule is C\C=C(/C=C(I)\C=C/N)C1CCC1. The Bertz CT molecular complexity index is 247. The van der Waals surface area contributed by atoms with Crippen LogP contribution < -0.4 is 5.73 Å². The van der Waals surface area contributed by atoms with E-state index in [0.29, 0.717) is 0 Å². The monoisotopic (exact) mass is 289 g/mol. The molecule has 1 aliphatic carbocycles. The summed E-state index contributed by atoms with van der Waals surface area (Å²) in [6.45, 7) is 2.11. The molecule has 0 aromatic carbocycles. The third kappa shape index (κ3) is 3.18. The number of rotatable bonds is 3. The predicted octanol–water partition coefficient (Wildman–Crippen LogP) is 3.52. The molecule has 1 rings (SSSR count). The number of nitrogens with two attached hydrogens (primary N) is 1. The highest BCUT2D eigenvalue weighted by Crippen LogP contribution is 2.34. The van der Waals surface area contributed by atoms with Crippen molar-refractivity contribution < 1.29 is 0 Å². The van der Waals surface area contributed by atoms with Crippen LogP contribution in [0.25, 0.3) is 0 Å². The fourth-order valence-electron chi connectivity index (χ4n) is 1.48. The molecule has 1 nitrogen and oxygen atoms in total. The highest BCUT2D eigenvalue weighted by Gasteiger charge is 2.19.